The van der Waals surface area contributed by atoms with Gasteiger partial charge in [-0.25, -0.2) is 18.9 Å². The Kier molecular flexibility index (Phi) is 22.6. The standard InChI is InChI=1S/C19H23ClN2O2S.C15H15ClFN3O3S2.C3H8NO5P/c1-2-3-4-5-6-10-13-25-19(23)24-16-14-17(20)21-22-18(16)15-11-8-7-9-12-15;1-23-13(21)8-24-12-7-11(10(17)6-9(12)16)18-14-19-4-2-3-5-20(19)15(22)25-14;5-3(6)1-4-2-10(7,8)9/h7-9,11-12,14H,2-6,10,13H2,1H3;6-7H,2-5,8H2,1H3;4H,1-2H2,(H,5,6)(H2,7,8,9)/b;18-14-;. The molecule has 4 N–H and O–H groups in total. The van der Waals surface area contributed by atoms with Crippen molar-refractivity contribution in [1.82, 2.24) is 24.9 Å². The molecule has 1 aliphatic rings. The van der Waals surface area contributed by atoms with Gasteiger partial charge in [0.2, 0.25) is 4.80 Å². The van der Waals surface area contributed by atoms with Gasteiger partial charge in [0, 0.05) is 35.4 Å². The number of thioether (sulfide) groups is 2. The Morgan fingerprint density at radius 2 is 1.70 bits per heavy atom. The van der Waals surface area contributed by atoms with Gasteiger partial charge in [-0.1, -0.05) is 92.6 Å². The molecular formula is C37H46Cl2FN6O10PS3. The number of nitrogens with zero attached hydrogens (tertiary/aromatic N) is 5. The number of methoxy groups -OCH3 is 1. The van der Waals surface area contributed by atoms with Crippen LogP contribution in [0.15, 0.2) is 63.2 Å². The molecule has 5 rings (SSSR count). The highest BCUT2D eigenvalue weighted by atomic mass is 35.5. The van der Waals surface area contributed by atoms with E-state index in [-0.39, 0.29) is 31.8 Å². The smallest absolute Gasteiger partial charge is 0.372 e. The fraction of sp³-hybridized carbons (Fsp3) is 0.432. The molecule has 0 atom stereocenters. The van der Waals surface area contributed by atoms with Crippen molar-refractivity contribution in [3.05, 3.63) is 79.0 Å². The van der Waals surface area contributed by atoms with E-state index in [9.17, 15) is 28.1 Å². The van der Waals surface area contributed by atoms with Gasteiger partial charge in [0.15, 0.2) is 10.9 Å². The van der Waals surface area contributed by atoms with Crippen LogP contribution in [0, 0.1) is 5.82 Å². The van der Waals surface area contributed by atoms with Gasteiger partial charge < -0.3 is 24.4 Å². The van der Waals surface area contributed by atoms with Crippen molar-refractivity contribution < 1.29 is 47.7 Å². The van der Waals surface area contributed by atoms with E-state index in [4.69, 9.17) is 42.8 Å². The van der Waals surface area contributed by atoms with E-state index in [0.717, 1.165) is 66.2 Å². The van der Waals surface area contributed by atoms with Crippen LogP contribution < -0.4 is 19.7 Å². The van der Waals surface area contributed by atoms with E-state index in [2.05, 4.69) is 32.2 Å². The number of carboxylic acids is 1. The molecule has 0 saturated heterocycles. The molecule has 60 heavy (non-hydrogen) atoms. The van der Waals surface area contributed by atoms with E-state index in [0.29, 0.717) is 34.2 Å². The zero-order valence-electron chi connectivity index (χ0n) is 32.8. The highest BCUT2D eigenvalue weighted by molar-refractivity contribution is 8.13. The maximum Gasteiger partial charge on any atom is 0.372 e. The summed E-state index contributed by atoms with van der Waals surface area (Å²) in [5.74, 6) is -0.967. The summed E-state index contributed by atoms with van der Waals surface area (Å²) in [4.78, 5) is 66.7. The number of carbonyl (C=O) groups excluding carboxylic acids is 2. The van der Waals surface area contributed by atoms with Gasteiger partial charge in [-0.05, 0) is 54.5 Å². The molecular weight excluding hydrogens is 906 g/mol. The predicted molar refractivity (Wildman–Crippen MR) is 232 cm³/mol. The third-order valence-corrected chi connectivity index (χ3v) is 11.9. The van der Waals surface area contributed by atoms with Crippen LogP contribution in [0.2, 0.25) is 10.2 Å². The highest BCUT2D eigenvalue weighted by Crippen LogP contribution is 2.34. The Labute approximate surface area is 368 Å². The number of ether oxygens (including phenoxy) is 2. The van der Waals surface area contributed by atoms with Crippen molar-refractivity contribution in [1.29, 1.82) is 0 Å². The van der Waals surface area contributed by atoms with Gasteiger partial charge in [-0.3, -0.25) is 28.9 Å². The minimum atomic E-state index is -4.10. The summed E-state index contributed by atoms with van der Waals surface area (Å²) in [6.07, 6.45) is 8.49. The van der Waals surface area contributed by atoms with Crippen LogP contribution in [0.5, 0.6) is 5.75 Å². The highest BCUT2D eigenvalue weighted by Gasteiger charge is 2.17. The summed E-state index contributed by atoms with van der Waals surface area (Å²) < 4.78 is 37.8. The average Bonchev–Trinajstić information content (AvgIpc) is 3.52. The van der Waals surface area contributed by atoms with Crippen LogP contribution in [0.25, 0.3) is 11.3 Å². The molecule has 0 bridgehead atoms. The number of benzene rings is 2. The van der Waals surface area contributed by atoms with Crippen molar-refractivity contribution in [2.75, 3.05) is 31.4 Å². The number of hydrogen-bond donors (Lipinski definition) is 4. The average molecular weight is 952 g/mol. The summed E-state index contributed by atoms with van der Waals surface area (Å²) in [5.41, 5.74) is 1.42. The first kappa shape index (κ1) is 50.8. The lowest BCUT2D eigenvalue weighted by Gasteiger charge is -2.15. The Hall–Kier alpha value is -3.59. The number of halogens is 3. The fourth-order valence-corrected chi connectivity index (χ4v) is 8.31. The summed E-state index contributed by atoms with van der Waals surface area (Å²) in [7, 11) is -2.80. The zero-order valence-corrected chi connectivity index (χ0v) is 37.6. The lowest BCUT2D eigenvalue weighted by atomic mass is 10.1. The molecule has 16 nitrogen and oxygen atoms in total. The number of hydrogen-bond acceptors (Lipinski definition) is 14. The summed E-state index contributed by atoms with van der Waals surface area (Å²) in [5, 5.41) is 18.0. The number of esters is 1. The lowest BCUT2D eigenvalue weighted by Crippen LogP contribution is -2.31. The van der Waals surface area contributed by atoms with Gasteiger partial charge >= 0.3 is 29.7 Å². The summed E-state index contributed by atoms with van der Waals surface area (Å²) in [6.45, 7) is 3.09. The second-order valence-corrected chi connectivity index (χ2v) is 18.1. The second kappa shape index (κ2) is 26.7. The van der Waals surface area contributed by atoms with Crippen LogP contribution in [0.1, 0.15) is 58.3 Å². The number of carboxylic acid groups (broad SMARTS) is 1. The first-order valence-corrected chi connectivity index (χ1v) is 23.9. The quantitative estimate of drug-likeness (QED) is 0.0341. The third-order valence-electron chi connectivity index (χ3n) is 7.96. The molecule has 2 aromatic heterocycles. The zero-order chi connectivity index (χ0) is 44.1. The molecule has 0 radical (unpaired) electrons. The molecule has 0 spiro atoms. The first-order valence-electron chi connectivity index (χ1n) is 18.6. The number of aromatic nitrogens is 4. The lowest BCUT2D eigenvalue weighted by molar-refractivity contribution is -0.137. The maximum absolute atomic E-state index is 14.3. The molecule has 23 heteroatoms. The Bertz CT molecular complexity index is 2210. The van der Waals surface area contributed by atoms with Gasteiger partial charge in [-0.2, -0.15) is 0 Å². The number of rotatable bonds is 17. The van der Waals surface area contributed by atoms with E-state index in [1.54, 1.807) is 9.36 Å². The molecule has 0 amide bonds. The van der Waals surface area contributed by atoms with Gasteiger partial charge in [0.05, 0.1) is 30.7 Å². The molecule has 0 unspecified atom stereocenters. The van der Waals surface area contributed by atoms with Crippen molar-refractivity contribution in [3.63, 3.8) is 0 Å². The van der Waals surface area contributed by atoms with Crippen LogP contribution in [-0.2, 0) is 32.0 Å². The maximum atomic E-state index is 14.3. The molecule has 0 fully saturated rings. The Morgan fingerprint density at radius 3 is 2.37 bits per heavy atom. The number of fused-ring (bicyclic) bond motifs is 1. The molecule has 0 saturated carbocycles. The van der Waals surface area contributed by atoms with Gasteiger partial charge in [0.25, 0.3) is 0 Å². The van der Waals surface area contributed by atoms with Crippen molar-refractivity contribution in [2.45, 2.75) is 76.3 Å². The van der Waals surface area contributed by atoms with Crippen LogP contribution >= 0.6 is 65.7 Å². The van der Waals surface area contributed by atoms with Crippen molar-refractivity contribution >= 4 is 88.6 Å². The molecule has 4 aromatic rings. The first-order chi connectivity index (χ1) is 28.6. The van der Waals surface area contributed by atoms with Crippen molar-refractivity contribution in [3.8, 4) is 17.0 Å². The molecule has 2 aromatic carbocycles. The second-order valence-electron chi connectivity index (χ2n) is 12.7. The topological polar surface area (TPSA) is 225 Å². The number of carbonyl (C=O) groups is 3. The minimum absolute atomic E-state index is 0.0605. The van der Waals surface area contributed by atoms with Crippen LogP contribution in [-0.4, -0.2) is 83.1 Å². The number of unbranched alkanes of at least 4 members (excludes halogenated alkanes) is 5. The van der Waals surface area contributed by atoms with E-state index in [1.165, 1.54) is 56.7 Å². The monoisotopic (exact) mass is 950 g/mol. The molecule has 3 heterocycles. The van der Waals surface area contributed by atoms with Gasteiger partial charge in [-0.15, -0.1) is 22.0 Å². The normalized spacial score (nSPS) is 12.3. The Morgan fingerprint density at radius 1 is 1.02 bits per heavy atom. The fourth-order valence-electron chi connectivity index (χ4n) is 5.12. The SMILES string of the molecule is CCCCCCCCSC(=O)Oc1cc(Cl)nnc1-c1ccccc1.COC(=O)CSc1cc(/N=c2\sc(=O)n3n2CCCC3)c(F)cc1Cl.O=C(O)CNCP(=O)(O)O. The molecule has 328 valence electrons. The summed E-state index contributed by atoms with van der Waals surface area (Å²) >= 11 is 15.3. The minimum Gasteiger partial charge on any atom is -0.480 e. The van der Waals surface area contributed by atoms with E-state index < -0.39 is 38.2 Å². The number of nitrogens with one attached hydrogen (secondary N) is 1. The van der Waals surface area contributed by atoms with E-state index >= 15 is 0 Å². The predicted octanol–water partition coefficient (Wildman–Crippen LogP) is 7.98. The molecule has 0 aliphatic carbocycles. The van der Waals surface area contributed by atoms with E-state index in [1.807, 2.05) is 30.3 Å². The van der Waals surface area contributed by atoms with Crippen molar-refractivity contribution in [2.24, 2.45) is 4.99 Å². The Balaban J connectivity index is 0.000000263. The van der Waals surface area contributed by atoms with Crippen LogP contribution in [0.3, 0.4) is 0 Å². The third kappa shape index (κ3) is 18.6. The number of aliphatic carboxylic acids is 1. The largest absolute Gasteiger partial charge is 0.480 e. The summed E-state index contributed by atoms with van der Waals surface area (Å²) in [6, 6.07) is 13.6. The van der Waals surface area contributed by atoms with Gasteiger partial charge in [0.1, 0.15) is 17.2 Å². The molecule has 1 aliphatic heterocycles. The van der Waals surface area contributed by atoms with Crippen LogP contribution in [0.4, 0.5) is 14.9 Å².